The molecule has 0 heterocycles. The normalized spacial score (nSPS) is 10.7. The van der Waals surface area contributed by atoms with Crippen LogP contribution in [-0.2, 0) is 6.42 Å². The van der Waals surface area contributed by atoms with Gasteiger partial charge < -0.3 is 0 Å². The van der Waals surface area contributed by atoms with Crippen LogP contribution in [-0.4, -0.2) is 6.26 Å². The van der Waals surface area contributed by atoms with Gasteiger partial charge in [-0.2, -0.15) is 0 Å². The van der Waals surface area contributed by atoms with E-state index < -0.39 is 0 Å². The van der Waals surface area contributed by atoms with Crippen LogP contribution in [0.2, 0.25) is 0 Å². The van der Waals surface area contributed by atoms with Crippen LogP contribution < -0.4 is 0 Å². The first-order chi connectivity index (χ1) is 6.86. The van der Waals surface area contributed by atoms with E-state index in [0.29, 0.717) is 0 Å². The molecule has 0 fully saturated rings. The molecule has 0 saturated carbocycles. The van der Waals surface area contributed by atoms with Crippen LogP contribution in [0.15, 0.2) is 41.3 Å². The molecule has 72 valence electrons. The quantitative estimate of drug-likeness (QED) is 0.660. The highest BCUT2D eigenvalue weighted by Crippen LogP contribution is 2.28. The molecule has 0 aromatic heterocycles. The van der Waals surface area contributed by atoms with Crippen LogP contribution in [0.4, 0.5) is 0 Å². The lowest BCUT2D eigenvalue weighted by Gasteiger charge is -2.07. The molecule has 0 aliphatic rings. The van der Waals surface area contributed by atoms with E-state index in [1.54, 1.807) is 0 Å². The number of hydrogen-bond acceptors (Lipinski definition) is 1. The van der Waals surface area contributed by atoms with E-state index in [1.165, 1.54) is 21.2 Å². The van der Waals surface area contributed by atoms with Crippen molar-refractivity contribution in [3.8, 4) is 0 Å². The molecule has 2 rings (SSSR count). The molecule has 0 aliphatic heterocycles. The standard InChI is InChI=1S/C13H14S/c1-3-10-6-4-8-12-11(10)7-5-9-13(12)14-2/h4-9H,3H2,1-2H3. The summed E-state index contributed by atoms with van der Waals surface area (Å²) in [4.78, 5) is 1.37. The van der Waals surface area contributed by atoms with Crippen molar-refractivity contribution in [3.05, 3.63) is 42.0 Å². The number of fused-ring (bicyclic) bond motifs is 1. The summed E-state index contributed by atoms with van der Waals surface area (Å²) in [6.45, 7) is 2.21. The minimum atomic E-state index is 1.11. The van der Waals surface area contributed by atoms with E-state index in [0.717, 1.165) is 6.42 Å². The first kappa shape index (κ1) is 9.60. The van der Waals surface area contributed by atoms with E-state index in [2.05, 4.69) is 49.6 Å². The summed E-state index contributed by atoms with van der Waals surface area (Å²) in [5.41, 5.74) is 1.44. The third-order valence-electron chi connectivity index (χ3n) is 2.57. The van der Waals surface area contributed by atoms with Gasteiger partial charge in [0.2, 0.25) is 0 Å². The van der Waals surface area contributed by atoms with Gasteiger partial charge in [0, 0.05) is 4.90 Å². The summed E-state index contributed by atoms with van der Waals surface area (Å²) in [7, 11) is 0. The van der Waals surface area contributed by atoms with Gasteiger partial charge in [-0.1, -0.05) is 37.3 Å². The maximum absolute atomic E-state index is 2.22. The predicted molar refractivity (Wildman–Crippen MR) is 65.1 cm³/mol. The summed E-state index contributed by atoms with van der Waals surface area (Å²) in [6, 6.07) is 13.1. The Hall–Kier alpha value is -0.950. The van der Waals surface area contributed by atoms with Crippen molar-refractivity contribution in [2.24, 2.45) is 0 Å². The Morgan fingerprint density at radius 3 is 2.43 bits per heavy atom. The second-order valence-electron chi connectivity index (χ2n) is 3.33. The van der Waals surface area contributed by atoms with Crippen molar-refractivity contribution in [3.63, 3.8) is 0 Å². The molecule has 0 radical (unpaired) electrons. The second kappa shape index (κ2) is 4.05. The molecule has 0 N–H and O–H groups in total. The van der Waals surface area contributed by atoms with Crippen LogP contribution in [0.5, 0.6) is 0 Å². The average Bonchev–Trinajstić information content (AvgIpc) is 2.27. The predicted octanol–water partition coefficient (Wildman–Crippen LogP) is 4.12. The zero-order valence-corrected chi connectivity index (χ0v) is 9.40. The van der Waals surface area contributed by atoms with Crippen molar-refractivity contribution < 1.29 is 0 Å². The average molecular weight is 202 g/mol. The van der Waals surface area contributed by atoms with Crippen LogP contribution in [0.1, 0.15) is 12.5 Å². The lowest BCUT2D eigenvalue weighted by atomic mass is 10.0. The summed E-state index contributed by atoms with van der Waals surface area (Å²) in [6.07, 6.45) is 3.24. The summed E-state index contributed by atoms with van der Waals surface area (Å²) >= 11 is 1.82. The minimum absolute atomic E-state index is 1.11. The number of aryl methyl sites for hydroxylation is 1. The third kappa shape index (κ3) is 1.53. The zero-order chi connectivity index (χ0) is 9.97. The fourth-order valence-corrected chi connectivity index (χ4v) is 2.45. The molecule has 0 saturated heterocycles. The van der Waals surface area contributed by atoms with E-state index in [9.17, 15) is 0 Å². The molecule has 2 aromatic carbocycles. The van der Waals surface area contributed by atoms with Gasteiger partial charge in [-0.15, -0.1) is 11.8 Å². The molecule has 1 heteroatoms. The molecule has 0 atom stereocenters. The molecule has 0 aliphatic carbocycles. The minimum Gasteiger partial charge on any atom is -0.129 e. The molecule has 0 amide bonds. The van der Waals surface area contributed by atoms with Gasteiger partial charge in [-0.05, 0) is 35.1 Å². The van der Waals surface area contributed by atoms with Crippen LogP contribution in [0, 0.1) is 0 Å². The van der Waals surface area contributed by atoms with Crippen molar-refractivity contribution in [2.45, 2.75) is 18.2 Å². The highest BCUT2D eigenvalue weighted by Gasteiger charge is 2.01. The molecule has 14 heavy (non-hydrogen) atoms. The second-order valence-corrected chi connectivity index (χ2v) is 4.17. The van der Waals surface area contributed by atoms with Gasteiger partial charge >= 0.3 is 0 Å². The first-order valence-corrected chi connectivity index (χ1v) is 6.14. The number of hydrogen-bond donors (Lipinski definition) is 0. The molecular weight excluding hydrogens is 188 g/mol. The van der Waals surface area contributed by atoms with Crippen molar-refractivity contribution in [2.75, 3.05) is 6.26 Å². The third-order valence-corrected chi connectivity index (χ3v) is 3.37. The van der Waals surface area contributed by atoms with Gasteiger partial charge in [0.1, 0.15) is 0 Å². The maximum atomic E-state index is 2.22. The lowest BCUT2D eigenvalue weighted by Crippen LogP contribution is -1.84. The fourth-order valence-electron chi connectivity index (χ4n) is 1.83. The maximum Gasteiger partial charge on any atom is 0.0148 e. The highest BCUT2D eigenvalue weighted by atomic mass is 32.2. The van der Waals surface area contributed by atoms with Crippen molar-refractivity contribution in [1.29, 1.82) is 0 Å². The molecule has 0 spiro atoms. The Morgan fingerprint density at radius 1 is 1.00 bits per heavy atom. The Balaban J connectivity index is 2.77. The smallest absolute Gasteiger partial charge is 0.0148 e. The Kier molecular flexibility index (Phi) is 2.78. The van der Waals surface area contributed by atoms with E-state index in [4.69, 9.17) is 0 Å². The highest BCUT2D eigenvalue weighted by molar-refractivity contribution is 7.98. The van der Waals surface area contributed by atoms with E-state index in [-0.39, 0.29) is 0 Å². The zero-order valence-electron chi connectivity index (χ0n) is 8.58. The lowest BCUT2D eigenvalue weighted by molar-refractivity contribution is 1.16. The monoisotopic (exact) mass is 202 g/mol. The Morgan fingerprint density at radius 2 is 1.71 bits per heavy atom. The van der Waals surface area contributed by atoms with Gasteiger partial charge in [-0.3, -0.25) is 0 Å². The van der Waals surface area contributed by atoms with Crippen LogP contribution in [0.25, 0.3) is 10.8 Å². The molecule has 0 nitrogen and oxygen atoms in total. The molecular formula is C13H14S. The Labute approximate surface area is 89.3 Å². The number of benzene rings is 2. The van der Waals surface area contributed by atoms with Crippen LogP contribution in [0.3, 0.4) is 0 Å². The van der Waals surface area contributed by atoms with E-state index in [1.807, 2.05) is 11.8 Å². The van der Waals surface area contributed by atoms with Gasteiger partial charge in [-0.25, -0.2) is 0 Å². The van der Waals surface area contributed by atoms with Crippen LogP contribution >= 0.6 is 11.8 Å². The largest absolute Gasteiger partial charge is 0.129 e. The van der Waals surface area contributed by atoms with Crippen molar-refractivity contribution in [1.82, 2.24) is 0 Å². The molecule has 0 unspecified atom stereocenters. The Bertz CT molecular complexity index is 403. The molecule has 0 bridgehead atoms. The summed E-state index contributed by atoms with van der Waals surface area (Å²) in [5, 5.41) is 2.79. The molecule has 2 aromatic rings. The SMILES string of the molecule is CCc1cccc2c(SC)cccc12. The summed E-state index contributed by atoms with van der Waals surface area (Å²) in [5.74, 6) is 0. The van der Waals surface area contributed by atoms with Crippen molar-refractivity contribution >= 4 is 22.5 Å². The van der Waals surface area contributed by atoms with Gasteiger partial charge in [0.05, 0.1) is 0 Å². The topological polar surface area (TPSA) is 0 Å². The number of thioether (sulfide) groups is 1. The summed E-state index contributed by atoms with van der Waals surface area (Å²) < 4.78 is 0. The number of rotatable bonds is 2. The van der Waals surface area contributed by atoms with E-state index >= 15 is 0 Å². The van der Waals surface area contributed by atoms with Gasteiger partial charge in [0.15, 0.2) is 0 Å². The van der Waals surface area contributed by atoms with Gasteiger partial charge in [0.25, 0.3) is 0 Å². The fraction of sp³-hybridized carbons (Fsp3) is 0.231. The first-order valence-electron chi connectivity index (χ1n) is 4.91.